The second kappa shape index (κ2) is 5.13. The molecule has 0 rings (SSSR count). The molecule has 4 nitrogen and oxygen atoms in total. The predicted octanol–water partition coefficient (Wildman–Crippen LogP) is -0.891. The predicted molar refractivity (Wildman–Crippen MR) is 22.6 cm³/mol. The maximum Gasteiger partial charge on any atom is 0.348 e. The van der Waals surface area contributed by atoms with E-state index in [1.807, 2.05) is 0 Å². The Bertz CT molecular complexity index is 71.3. The summed E-state index contributed by atoms with van der Waals surface area (Å²) in [4.78, 5) is 13.4. The van der Waals surface area contributed by atoms with E-state index in [2.05, 4.69) is 17.3 Å². The summed E-state index contributed by atoms with van der Waals surface area (Å²) in [6.07, 6.45) is 0.986. The Morgan fingerprint density at radius 1 is 1.86 bits per heavy atom. The maximum absolute atomic E-state index is 9.72. The Hall–Kier alpha value is -0.870. The number of hydrogen-bond donors (Lipinski definition) is 1. The van der Waals surface area contributed by atoms with Crippen molar-refractivity contribution in [2.24, 2.45) is 5.90 Å². The summed E-state index contributed by atoms with van der Waals surface area (Å²) in [6, 6.07) is 0. The summed E-state index contributed by atoms with van der Waals surface area (Å²) in [5.74, 6) is 3.75. The van der Waals surface area contributed by atoms with E-state index in [0.29, 0.717) is 0 Å². The van der Waals surface area contributed by atoms with Gasteiger partial charge in [-0.2, -0.15) is 5.90 Å². The van der Waals surface area contributed by atoms with Crippen molar-refractivity contribution in [2.75, 3.05) is 0 Å². The van der Waals surface area contributed by atoms with Crippen LogP contribution < -0.4 is 12.0 Å². The third kappa shape index (κ3) is 5.13. The van der Waals surface area contributed by atoms with Crippen LogP contribution in [0, 0.1) is 0 Å². The van der Waals surface area contributed by atoms with E-state index in [-0.39, 0.29) is 6.15 Å². The molecule has 39 valence electrons. The molecule has 0 atom stereocenters. The summed E-state index contributed by atoms with van der Waals surface area (Å²) in [6.45, 7) is 3.08. The zero-order chi connectivity index (χ0) is 4.99. The van der Waals surface area contributed by atoms with Crippen molar-refractivity contribution < 1.29 is 9.63 Å². The molecule has 0 bridgehead atoms. The lowest BCUT2D eigenvalue weighted by atomic mass is 10.7. The molecular formula is C3H5N2O2. The van der Waals surface area contributed by atoms with Gasteiger partial charge in [-0.1, -0.05) is 6.58 Å². The molecule has 0 aliphatic carbocycles. The minimum Gasteiger partial charge on any atom is -0.370 e. The van der Waals surface area contributed by atoms with Gasteiger partial charge < -0.3 is 4.84 Å². The molecule has 7 heavy (non-hydrogen) atoms. The second-order valence-corrected chi connectivity index (χ2v) is 0.641. The molecule has 3 radical (unpaired) electrons. The average molecular weight is 101 g/mol. The third-order valence-electron chi connectivity index (χ3n) is 0.283. The highest BCUT2D eigenvalue weighted by molar-refractivity contribution is 5.80. The lowest BCUT2D eigenvalue weighted by Gasteiger charge is -1.81. The van der Waals surface area contributed by atoms with Gasteiger partial charge in [-0.25, -0.2) is 4.79 Å². The number of hydrogen-bond acceptors (Lipinski definition) is 3. The smallest absolute Gasteiger partial charge is 0.348 e. The Labute approximate surface area is 41.5 Å². The van der Waals surface area contributed by atoms with Gasteiger partial charge >= 0.3 is 5.97 Å². The highest BCUT2D eigenvalue weighted by atomic mass is 16.7. The summed E-state index contributed by atoms with van der Waals surface area (Å²) in [5, 5.41) is 0. The largest absolute Gasteiger partial charge is 0.370 e. The monoisotopic (exact) mass is 101 g/mol. The van der Waals surface area contributed by atoms with Gasteiger partial charge in [0.25, 0.3) is 0 Å². The van der Waals surface area contributed by atoms with E-state index >= 15 is 0 Å². The van der Waals surface area contributed by atoms with Gasteiger partial charge in [0.05, 0.1) is 0 Å². The van der Waals surface area contributed by atoms with Gasteiger partial charge in [0.1, 0.15) is 0 Å². The third-order valence-corrected chi connectivity index (χ3v) is 0.283. The topological polar surface area (TPSA) is 82.8 Å². The van der Waals surface area contributed by atoms with E-state index in [1.54, 1.807) is 0 Å². The number of carbonyl (C=O) groups excluding carboxylic acids is 1. The number of nitrogens with two attached hydrogens (primary N) is 1. The van der Waals surface area contributed by atoms with Crippen molar-refractivity contribution in [3.63, 3.8) is 0 Å². The van der Waals surface area contributed by atoms with Gasteiger partial charge in [-0.05, 0) is 0 Å². The molecule has 0 aromatic carbocycles. The molecule has 0 aliphatic heterocycles. The summed E-state index contributed by atoms with van der Waals surface area (Å²) in [7, 11) is 0. The van der Waals surface area contributed by atoms with E-state index in [1.165, 1.54) is 0 Å². The number of carbonyl (C=O) groups is 1. The van der Waals surface area contributed by atoms with Crippen molar-refractivity contribution in [3.05, 3.63) is 12.7 Å². The van der Waals surface area contributed by atoms with Crippen LogP contribution in [0.15, 0.2) is 12.7 Å². The highest BCUT2D eigenvalue weighted by Crippen LogP contribution is 1.64. The van der Waals surface area contributed by atoms with Crippen molar-refractivity contribution in [3.8, 4) is 0 Å². The molecule has 0 spiro atoms. The minimum atomic E-state index is -0.616. The van der Waals surface area contributed by atoms with Crippen LogP contribution in [0.3, 0.4) is 0 Å². The van der Waals surface area contributed by atoms with Crippen LogP contribution in [-0.4, -0.2) is 5.97 Å². The van der Waals surface area contributed by atoms with E-state index in [4.69, 9.17) is 0 Å². The Morgan fingerprint density at radius 3 is 2.29 bits per heavy atom. The first-order chi connectivity index (χ1) is 2.81. The molecule has 0 unspecified atom stereocenters. The maximum atomic E-state index is 9.72. The van der Waals surface area contributed by atoms with Crippen LogP contribution in [-0.2, 0) is 9.63 Å². The van der Waals surface area contributed by atoms with Crippen molar-refractivity contribution in [1.82, 2.24) is 6.15 Å². The number of nitrogens with zero attached hydrogens (tertiary/aromatic N) is 1. The lowest BCUT2D eigenvalue weighted by molar-refractivity contribution is -0.138. The Morgan fingerprint density at radius 2 is 2.29 bits per heavy atom. The van der Waals surface area contributed by atoms with Gasteiger partial charge in [0, 0.05) is 12.2 Å². The number of rotatable bonds is 1. The molecule has 2 N–H and O–H groups in total. The molecule has 0 fully saturated rings. The van der Waals surface area contributed by atoms with Gasteiger partial charge in [-0.3, -0.25) is 0 Å². The first kappa shape index (κ1) is 9.46. The SMILES string of the molecule is C=CC(=O)ON.[N]. The van der Waals surface area contributed by atoms with Crippen LogP contribution in [0.5, 0.6) is 0 Å². The fraction of sp³-hybridized carbons (Fsp3) is 0. The van der Waals surface area contributed by atoms with Gasteiger partial charge in [0.2, 0.25) is 0 Å². The summed E-state index contributed by atoms with van der Waals surface area (Å²) in [5.41, 5.74) is 0. The first-order valence-electron chi connectivity index (χ1n) is 1.34. The lowest BCUT2D eigenvalue weighted by Crippen LogP contribution is -2.04. The minimum absolute atomic E-state index is 0. The molecule has 0 saturated heterocycles. The molecule has 0 aliphatic rings. The normalized spacial score (nSPS) is 5.86. The molecule has 0 amide bonds. The standard InChI is InChI=1S/C3H5NO2.N/c1-2-3(5)6-4;/h2H,1,4H2;. The fourth-order valence-corrected chi connectivity index (χ4v) is 0.0481. The summed E-state index contributed by atoms with van der Waals surface area (Å²) >= 11 is 0. The van der Waals surface area contributed by atoms with Crippen molar-refractivity contribution >= 4 is 5.97 Å². The van der Waals surface area contributed by atoms with E-state index in [0.717, 1.165) is 6.08 Å². The molecule has 0 saturated carbocycles. The molecule has 4 heteroatoms. The van der Waals surface area contributed by atoms with Gasteiger partial charge in [0.15, 0.2) is 0 Å². The van der Waals surface area contributed by atoms with Crippen molar-refractivity contribution in [1.29, 1.82) is 0 Å². The second-order valence-electron chi connectivity index (χ2n) is 0.641. The Kier molecular flexibility index (Phi) is 6.93. The zero-order valence-corrected chi connectivity index (χ0v) is 3.63. The fourth-order valence-electron chi connectivity index (χ4n) is 0.0481. The molecule has 0 aromatic rings. The van der Waals surface area contributed by atoms with Gasteiger partial charge in [-0.15, -0.1) is 0 Å². The molecular weight excluding hydrogens is 96.0 g/mol. The molecule has 0 heterocycles. The molecule has 0 aromatic heterocycles. The van der Waals surface area contributed by atoms with Crippen LogP contribution in [0.2, 0.25) is 0 Å². The average Bonchev–Trinajstić information content (AvgIpc) is 1.65. The van der Waals surface area contributed by atoms with Crippen LogP contribution >= 0.6 is 0 Å². The van der Waals surface area contributed by atoms with Crippen LogP contribution in [0.4, 0.5) is 0 Å². The highest BCUT2D eigenvalue weighted by Gasteiger charge is 1.83. The zero-order valence-electron chi connectivity index (χ0n) is 3.63. The van der Waals surface area contributed by atoms with Crippen LogP contribution in [0.25, 0.3) is 0 Å². The first-order valence-corrected chi connectivity index (χ1v) is 1.34. The van der Waals surface area contributed by atoms with Crippen molar-refractivity contribution in [2.45, 2.75) is 0 Å². The Balaban J connectivity index is 0. The van der Waals surface area contributed by atoms with E-state index < -0.39 is 5.97 Å². The van der Waals surface area contributed by atoms with Crippen LogP contribution in [0.1, 0.15) is 0 Å². The quantitative estimate of drug-likeness (QED) is 0.343. The van der Waals surface area contributed by atoms with E-state index in [9.17, 15) is 4.79 Å². The summed E-state index contributed by atoms with van der Waals surface area (Å²) < 4.78 is 0.